The molecular formula is C24H15NO2. The topological polar surface area (TPSA) is 34.4 Å². The predicted octanol–water partition coefficient (Wildman–Crippen LogP) is 7.10. The molecule has 0 fully saturated rings. The molecule has 6 rings (SSSR count). The van der Waals surface area contributed by atoms with E-state index in [1.54, 1.807) is 0 Å². The molecule has 1 aliphatic rings. The van der Waals surface area contributed by atoms with Crippen LogP contribution in [0.4, 0.5) is 11.4 Å². The number of hydrogen-bond acceptors (Lipinski definition) is 3. The standard InChI is InChI=1S/C24H15NO2/c1-3-9-20-17(6-1)18-14-15(12-13-21(18)26-20)16-7-5-11-23-24(16)25-19-8-2-4-10-22(19)27-23/h1-14,25H. The van der Waals surface area contributed by atoms with Crippen molar-refractivity contribution in [3.05, 3.63) is 84.9 Å². The minimum atomic E-state index is 0.836. The first-order valence-corrected chi connectivity index (χ1v) is 8.95. The molecule has 27 heavy (non-hydrogen) atoms. The van der Waals surface area contributed by atoms with Crippen LogP contribution in [0.25, 0.3) is 33.1 Å². The quantitative estimate of drug-likeness (QED) is 0.344. The normalized spacial score (nSPS) is 12.3. The van der Waals surface area contributed by atoms with E-state index < -0.39 is 0 Å². The Morgan fingerprint density at radius 2 is 1.44 bits per heavy atom. The molecule has 3 nitrogen and oxygen atoms in total. The van der Waals surface area contributed by atoms with Gasteiger partial charge in [0, 0.05) is 16.3 Å². The lowest BCUT2D eigenvalue weighted by molar-refractivity contribution is 0.481. The molecule has 0 radical (unpaired) electrons. The van der Waals surface area contributed by atoms with Crippen LogP contribution in [0, 0.1) is 0 Å². The molecule has 1 aliphatic heterocycles. The molecule has 2 heterocycles. The summed E-state index contributed by atoms with van der Waals surface area (Å²) in [6.07, 6.45) is 0. The summed E-state index contributed by atoms with van der Waals surface area (Å²) < 4.78 is 12.1. The average molecular weight is 349 g/mol. The predicted molar refractivity (Wildman–Crippen MR) is 109 cm³/mol. The highest BCUT2D eigenvalue weighted by atomic mass is 16.5. The van der Waals surface area contributed by atoms with Crippen LogP contribution in [0.1, 0.15) is 0 Å². The van der Waals surface area contributed by atoms with Gasteiger partial charge >= 0.3 is 0 Å². The van der Waals surface area contributed by atoms with Gasteiger partial charge in [0.1, 0.15) is 11.2 Å². The Hall–Kier alpha value is -3.72. The van der Waals surface area contributed by atoms with E-state index in [-0.39, 0.29) is 0 Å². The van der Waals surface area contributed by atoms with Crippen molar-refractivity contribution in [2.75, 3.05) is 5.32 Å². The number of furan rings is 1. The van der Waals surface area contributed by atoms with Gasteiger partial charge in [0.15, 0.2) is 11.5 Å². The van der Waals surface area contributed by atoms with Crippen LogP contribution in [-0.2, 0) is 0 Å². The van der Waals surface area contributed by atoms with E-state index in [0.29, 0.717) is 0 Å². The first-order chi connectivity index (χ1) is 13.4. The molecule has 4 aromatic carbocycles. The van der Waals surface area contributed by atoms with Crippen LogP contribution < -0.4 is 10.1 Å². The number of hydrogen-bond donors (Lipinski definition) is 1. The molecule has 128 valence electrons. The number of nitrogens with one attached hydrogen (secondary N) is 1. The van der Waals surface area contributed by atoms with Crippen LogP contribution in [0.2, 0.25) is 0 Å². The minimum Gasteiger partial charge on any atom is -0.456 e. The van der Waals surface area contributed by atoms with Crippen molar-refractivity contribution < 1.29 is 9.15 Å². The van der Waals surface area contributed by atoms with E-state index in [0.717, 1.165) is 55.9 Å². The molecule has 0 atom stereocenters. The SMILES string of the molecule is c1ccc2c(c1)Nc1c(cccc1-c1ccc3oc4ccccc4c3c1)O2. The lowest BCUT2D eigenvalue weighted by atomic mass is 9.99. The number of benzene rings is 4. The maximum Gasteiger partial charge on any atom is 0.151 e. The summed E-state index contributed by atoms with van der Waals surface area (Å²) >= 11 is 0. The van der Waals surface area contributed by atoms with Crippen molar-refractivity contribution in [2.24, 2.45) is 0 Å². The lowest BCUT2D eigenvalue weighted by Gasteiger charge is -2.24. The first kappa shape index (κ1) is 14.4. The Morgan fingerprint density at radius 3 is 2.44 bits per heavy atom. The van der Waals surface area contributed by atoms with Gasteiger partial charge in [0.2, 0.25) is 0 Å². The average Bonchev–Trinajstić information content (AvgIpc) is 3.09. The van der Waals surface area contributed by atoms with Gasteiger partial charge in [0.25, 0.3) is 0 Å². The summed E-state index contributed by atoms with van der Waals surface area (Å²) in [6.45, 7) is 0. The Bertz CT molecular complexity index is 1330. The number of rotatable bonds is 1. The van der Waals surface area contributed by atoms with Crippen LogP contribution in [-0.4, -0.2) is 0 Å². The van der Waals surface area contributed by atoms with Gasteiger partial charge in [-0.2, -0.15) is 0 Å². The van der Waals surface area contributed by atoms with E-state index in [1.807, 2.05) is 60.7 Å². The fourth-order valence-electron chi connectivity index (χ4n) is 3.79. The molecule has 0 spiro atoms. The van der Waals surface area contributed by atoms with Crippen molar-refractivity contribution in [3.63, 3.8) is 0 Å². The van der Waals surface area contributed by atoms with Crippen LogP contribution in [0.15, 0.2) is 89.3 Å². The molecule has 0 saturated carbocycles. The number of ether oxygens (including phenoxy) is 1. The van der Waals surface area contributed by atoms with Gasteiger partial charge < -0.3 is 14.5 Å². The molecule has 0 amide bonds. The van der Waals surface area contributed by atoms with Gasteiger partial charge in [-0.1, -0.05) is 48.5 Å². The third kappa shape index (κ3) is 2.15. The molecule has 3 heteroatoms. The number of fused-ring (bicyclic) bond motifs is 5. The van der Waals surface area contributed by atoms with Crippen molar-refractivity contribution in [3.8, 4) is 22.6 Å². The maximum atomic E-state index is 6.10. The molecule has 0 aliphatic carbocycles. The zero-order valence-corrected chi connectivity index (χ0v) is 14.4. The van der Waals surface area contributed by atoms with Gasteiger partial charge in [-0.05, 0) is 42.0 Å². The highest BCUT2D eigenvalue weighted by molar-refractivity contribution is 6.06. The second-order valence-corrected chi connectivity index (χ2v) is 6.71. The summed E-state index contributed by atoms with van der Waals surface area (Å²) in [4.78, 5) is 0. The smallest absolute Gasteiger partial charge is 0.151 e. The third-order valence-electron chi connectivity index (χ3n) is 5.08. The molecule has 0 saturated heterocycles. The van der Waals surface area contributed by atoms with Gasteiger partial charge in [-0.15, -0.1) is 0 Å². The third-order valence-corrected chi connectivity index (χ3v) is 5.08. The summed E-state index contributed by atoms with van der Waals surface area (Å²) in [6, 6.07) is 28.6. The highest BCUT2D eigenvalue weighted by Gasteiger charge is 2.20. The largest absolute Gasteiger partial charge is 0.456 e. The van der Waals surface area contributed by atoms with E-state index >= 15 is 0 Å². The Morgan fingerprint density at radius 1 is 0.630 bits per heavy atom. The minimum absolute atomic E-state index is 0.836. The van der Waals surface area contributed by atoms with Crippen LogP contribution in [0.3, 0.4) is 0 Å². The molecule has 1 N–H and O–H groups in total. The number of anilines is 2. The zero-order valence-electron chi connectivity index (χ0n) is 14.4. The Labute approximate surface area is 155 Å². The fraction of sp³-hybridized carbons (Fsp3) is 0. The highest BCUT2D eigenvalue weighted by Crippen LogP contribution is 2.46. The molecule has 0 unspecified atom stereocenters. The summed E-state index contributed by atoms with van der Waals surface area (Å²) in [5.41, 5.74) is 6.01. The van der Waals surface area contributed by atoms with Crippen LogP contribution >= 0.6 is 0 Å². The van der Waals surface area contributed by atoms with E-state index in [2.05, 4.69) is 29.6 Å². The monoisotopic (exact) mass is 349 g/mol. The Balaban J connectivity index is 1.55. The lowest BCUT2D eigenvalue weighted by Crippen LogP contribution is -2.03. The fourth-order valence-corrected chi connectivity index (χ4v) is 3.79. The zero-order chi connectivity index (χ0) is 17.8. The first-order valence-electron chi connectivity index (χ1n) is 8.95. The molecule has 0 bridgehead atoms. The van der Waals surface area contributed by atoms with Gasteiger partial charge in [-0.3, -0.25) is 0 Å². The van der Waals surface area contributed by atoms with E-state index in [4.69, 9.17) is 9.15 Å². The van der Waals surface area contributed by atoms with Crippen molar-refractivity contribution in [1.29, 1.82) is 0 Å². The van der Waals surface area contributed by atoms with Crippen molar-refractivity contribution >= 4 is 33.3 Å². The second-order valence-electron chi connectivity index (χ2n) is 6.71. The van der Waals surface area contributed by atoms with E-state index in [9.17, 15) is 0 Å². The van der Waals surface area contributed by atoms with Gasteiger partial charge in [0.05, 0.1) is 11.4 Å². The molecule has 1 aromatic heterocycles. The van der Waals surface area contributed by atoms with E-state index in [1.165, 1.54) is 0 Å². The maximum absolute atomic E-state index is 6.10. The molecular weight excluding hydrogens is 334 g/mol. The number of para-hydroxylation sites is 4. The van der Waals surface area contributed by atoms with Crippen molar-refractivity contribution in [1.82, 2.24) is 0 Å². The summed E-state index contributed by atoms with van der Waals surface area (Å²) in [5, 5.41) is 5.79. The summed E-state index contributed by atoms with van der Waals surface area (Å²) in [5.74, 6) is 1.68. The molecule has 5 aromatic rings. The van der Waals surface area contributed by atoms with Crippen LogP contribution in [0.5, 0.6) is 11.5 Å². The Kier molecular flexibility index (Phi) is 2.88. The second kappa shape index (κ2) is 5.39. The van der Waals surface area contributed by atoms with Crippen molar-refractivity contribution in [2.45, 2.75) is 0 Å². The summed E-state index contributed by atoms with van der Waals surface area (Å²) in [7, 11) is 0. The van der Waals surface area contributed by atoms with Gasteiger partial charge in [-0.25, -0.2) is 0 Å².